The number of hydrogen-bond donors (Lipinski definition) is 1. The molecule has 2 aromatic heterocycles. The molecule has 4 rings (SSSR count). The van der Waals surface area contributed by atoms with Crippen molar-refractivity contribution >= 4 is 33.2 Å². The summed E-state index contributed by atoms with van der Waals surface area (Å²) in [5, 5.41) is 8.63. The Morgan fingerprint density at radius 2 is 2.15 bits per heavy atom. The normalized spacial score (nSPS) is 21.3. The van der Waals surface area contributed by atoms with Crippen molar-refractivity contribution in [3.63, 3.8) is 0 Å². The van der Waals surface area contributed by atoms with Gasteiger partial charge in [0, 0.05) is 18.7 Å². The zero-order chi connectivity index (χ0) is 18.1. The van der Waals surface area contributed by atoms with Crippen LogP contribution in [0.5, 0.6) is 0 Å². The summed E-state index contributed by atoms with van der Waals surface area (Å²) in [6.07, 6.45) is 5.22. The molecule has 1 aliphatic carbocycles. The largest absolute Gasteiger partial charge is 0.338 e. The Bertz CT molecular complexity index is 889. The molecule has 0 bridgehead atoms. The van der Waals surface area contributed by atoms with Gasteiger partial charge >= 0.3 is 0 Å². The molecule has 2 aliphatic rings. The number of nitrogens with one attached hydrogen (secondary N) is 1. The van der Waals surface area contributed by atoms with Crippen LogP contribution in [0.25, 0.3) is 0 Å². The number of sulfonamides is 1. The number of nitrogens with zero attached hydrogens (tertiary/aromatic N) is 2. The third-order valence-corrected chi connectivity index (χ3v) is 8.28. The Morgan fingerprint density at radius 3 is 2.96 bits per heavy atom. The summed E-state index contributed by atoms with van der Waals surface area (Å²) in [5.74, 6) is -0.147. The smallest absolute Gasteiger partial charge is 0.252 e. The fourth-order valence-corrected chi connectivity index (χ4v) is 6.28. The van der Waals surface area contributed by atoms with Crippen molar-refractivity contribution in [2.75, 3.05) is 18.4 Å². The van der Waals surface area contributed by atoms with E-state index in [0.29, 0.717) is 29.5 Å². The lowest BCUT2D eigenvalue weighted by Gasteiger charge is -2.30. The van der Waals surface area contributed by atoms with Crippen molar-refractivity contribution in [2.24, 2.45) is 5.92 Å². The number of aryl methyl sites for hydroxylation is 1. The van der Waals surface area contributed by atoms with Crippen LogP contribution in [0.1, 0.15) is 36.9 Å². The van der Waals surface area contributed by atoms with E-state index in [1.165, 1.54) is 15.6 Å². The van der Waals surface area contributed by atoms with Crippen molar-refractivity contribution in [2.45, 2.75) is 42.7 Å². The minimum Gasteiger partial charge on any atom is -0.338 e. The highest BCUT2D eigenvalue weighted by Gasteiger charge is 2.34. The number of piperidine rings is 1. The van der Waals surface area contributed by atoms with Gasteiger partial charge in [-0.05, 0) is 50.0 Å². The summed E-state index contributed by atoms with van der Waals surface area (Å²) >= 11 is 1.20. The predicted molar refractivity (Wildman–Crippen MR) is 97.6 cm³/mol. The van der Waals surface area contributed by atoms with Crippen molar-refractivity contribution < 1.29 is 17.7 Å². The topological polar surface area (TPSA) is 92.5 Å². The molecule has 0 unspecified atom stereocenters. The van der Waals surface area contributed by atoms with Crippen LogP contribution in [0.15, 0.2) is 26.2 Å². The summed E-state index contributed by atoms with van der Waals surface area (Å²) in [5.41, 5.74) is 1.92. The van der Waals surface area contributed by atoms with Crippen LogP contribution in [0, 0.1) is 5.92 Å². The van der Waals surface area contributed by atoms with E-state index in [0.717, 1.165) is 36.9 Å². The average molecular weight is 396 g/mol. The number of thiophene rings is 1. The summed E-state index contributed by atoms with van der Waals surface area (Å²) in [6, 6.07) is 3.32. The molecule has 1 aliphatic heterocycles. The molecule has 2 aromatic rings. The summed E-state index contributed by atoms with van der Waals surface area (Å²) in [4.78, 5) is 12.7. The van der Waals surface area contributed by atoms with Crippen molar-refractivity contribution in [3.05, 3.63) is 28.8 Å². The quantitative estimate of drug-likeness (QED) is 0.859. The van der Waals surface area contributed by atoms with Gasteiger partial charge in [0.05, 0.1) is 11.6 Å². The average Bonchev–Trinajstić information content (AvgIpc) is 3.33. The van der Waals surface area contributed by atoms with Crippen LogP contribution < -0.4 is 5.32 Å². The zero-order valence-electron chi connectivity index (χ0n) is 14.3. The first-order valence-electron chi connectivity index (χ1n) is 8.87. The second kappa shape index (κ2) is 7.13. The molecular formula is C17H21N3O4S2. The Morgan fingerprint density at radius 1 is 1.31 bits per heavy atom. The van der Waals surface area contributed by atoms with Crippen LogP contribution in [0.2, 0.25) is 0 Å². The fourth-order valence-electron chi connectivity index (χ4n) is 3.62. The highest BCUT2D eigenvalue weighted by atomic mass is 32.2. The van der Waals surface area contributed by atoms with Gasteiger partial charge in [0.1, 0.15) is 4.21 Å². The molecule has 3 heterocycles. The van der Waals surface area contributed by atoms with Crippen molar-refractivity contribution in [1.82, 2.24) is 9.46 Å². The number of rotatable bonds is 4. The molecule has 1 fully saturated rings. The third-order valence-electron chi connectivity index (χ3n) is 5.04. The first kappa shape index (κ1) is 17.7. The van der Waals surface area contributed by atoms with Crippen LogP contribution >= 0.6 is 11.3 Å². The number of anilines is 1. The Balaban J connectivity index is 1.46. The van der Waals surface area contributed by atoms with E-state index in [1.54, 1.807) is 17.5 Å². The van der Waals surface area contributed by atoms with E-state index in [4.69, 9.17) is 4.52 Å². The van der Waals surface area contributed by atoms with Gasteiger partial charge in [0.15, 0.2) is 0 Å². The number of aromatic nitrogens is 1. The second-order valence-electron chi connectivity index (χ2n) is 6.77. The van der Waals surface area contributed by atoms with Gasteiger partial charge in [-0.15, -0.1) is 11.3 Å². The molecule has 0 aromatic carbocycles. The molecule has 0 spiro atoms. The SMILES string of the molecule is O=C(Nc1onc2c1CCCC2)[C@@H]1CCCN(S(=O)(=O)c2cccs2)C1. The van der Waals surface area contributed by atoms with E-state index in [9.17, 15) is 13.2 Å². The summed E-state index contributed by atoms with van der Waals surface area (Å²) in [6.45, 7) is 0.643. The van der Waals surface area contributed by atoms with E-state index < -0.39 is 10.0 Å². The predicted octanol–water partition coefficient (Wildman–Crippen LogP) is 2.65. The van der Waals surface area contributed by atoms with Crippen molar-refractivity contribution in [3.8, 4) is 0 Å². The lowest BCUT2D eigenvalue weighted by molar-refractivity contribution is -0.121. The van der Waals surface area contributed by atoms with Crippen LogP contribution in [0.3, 0.4) is 0 Å². The molecule has 140 valence electrons. The Kier molecular flexibility index (Phi) is 4.85. The van der Waals surface area contributed by atoms with Gasteiger partial charge in [0.2, 0.25) is 11.8 Å². The van der Waals surface area contributed by atoms with Crippen LogP contribution in [-0.2, 0) is 27.7 Å². The number of amides is 1. The molecular weight excluding hydrogens is 374 g/mol. The van der Waals surface area contributed by atoms with E-state index in [-0.39, 0.29) is 18.4 Å². The van der Waals surface area contributed by atoms with Crippen molar-refractivity contribution in [1.29, 1.82) is 0 Å². The van der Waals surface area contributed by atoms with Gasteiger partial charge in [-0.3, -0.25) is 10.1 Å². The van der Waals surface area contributed by atoms with E-state index in [1.807, 2.05) is 0 Å². The van der Waals surface area contributed by atoms with Crippen LogP contribution in [0.4, 0.5) is 5.88 Å². The van der Waals surface area contributed by atoms with Gasteiger partial charge < -0.3 is 4.52 Å². The molecule has 1 amide bonds. The first-order chi connectivity index (χ1) is 12.6. The molecule has 7 nitrogen and oxygen atoms in total. The number of carbonyl (C=O) groups is 1. The zero-order valence-corrected chi connectivity index (χ0v) is 15.9. The standard InChI is InChI=1S/C17H21N3O4S2/c21-16(18-17-13-6-1-2-7-14(13)19-24-17)12-5-3-9-20(11-12)26(22,23)15-8-4-10-25-15/h4,8,10,12H,1-3,5-7,9,11H2,(H,18,21)/t12-/m1/s1. The first-order valence-corrected chi connectivity index (χ1v) is 11.2. The summed E-state index contributed by atoms with van der Waals surface area (Å²) < 4.78 is 32.5. The third kappa shape index (κ3) is 3.30. The lowest BCUT2D eigenvalue weighted by atomic mass is 9.96. The van der Waals surface area contributed by atoms with E-state index >= 15 is 0 Å². The number of fused-ring (bicyclic) bond motifs is 1. The molecule has 0 saturated carbocycles. The highest BCUT2D eigenvalue weighted by Crippen LogP contribution is 2.30. The maximum absolute atomic E-state index is 12.7. The van der Waals surface area contributed by atoms with E-state index in [2.05, 4.69) is 10.5 Å². The molecule has 0 radical (unpaired) electrons. The van der Waals surface area contributed by atoms with Gasteiger partial charge in [-0.1, -0.05) is 11.2 Å². The maximum atomic E-state index is 12.7. The fraction of sp³-hybridized carbons (Fsp3) is 0.529. The molecule has 1 saturated heterocycles. The molecule has 1 atom stereocenters. The minimum atomic E-state index is -3.53. The maximum Gasteiger partial charge on any atom is 0.252 e. The number of carbonyl (C=O) groups excluding carboxylic acids is 1. The number of hydrogen-bond acceptors (Lipinski definition) is 6. The molecule has 1 N–H and O–H groups in total. The van der Waals surface area contributed by atoms with Gasteiger partial charge in [-0.25, -0.2) is 8.42 Å². The lowest BCUT2D eigenvalue weighted by Crippen LogP contribution is -2.43. The second-order valence-corrected chi connectivity index (χ2v) is 9.88. The minimum absolute atomic E-state index is 0.194. The highest BCUT2D eigenvalue weighted by molar-refractivity contribution is 7.91. The Labute approximate surface area is 156 Å². The van der Waals surface area contributed by atoms with Crippen LogP contribution in [-0.4, -0.2) is 36.9 Å². The molecule has 9 heteroatoms. The summed E-state index contributed by atoms with van der Waals surface area (Å²) in [7, 11) is -3.53. The molecule has 26 heavy (non-hydrogen) atoms. The Hall–Kier alpha value is -1.71. The van der Waals surface area contributed by atoms with Gasteiger partial charge in [0.25, 0.3) is 10.0 Å². The monoisotopic (exact) mass is 395 g/mol. The van der Waals surface area contributed by atoms with Gasteiger partial charge in [-0.2, -0.15) is 4.31 Å².